The van der Waals surface area contributed by atoms with Crippen molar-refractivity contribution < 1.29 is 9.53 Å². The zero-order valence-corrected chi connectivity index (χ0v) is 12.3. The van der Waals surface area contributed by atoms with Gasteiger partial charge in [-0.2, -0.15) is 0 Å². The first-order chi connectivity index (χ1) is 9.61. The maximum absolute atomic E-state index is 12.2. The van der Waals surface area contributed by atoms with Crippen LogP contribution in [0, 0.1) is 11.8 Å². The summed E-state index contributed by atoms with van der Waals surface area (Å²) in [6.45, 7) is 6.64. The number of likely N-dealkylation sites (tertiary alicyclic amines) is 1. The van der Waals surface area contributed by atoms with E-state index < -0.39 is 0 Å². The lowest BCUT2D eigenvalue weighted by molar-refractivity contribution is -0.135. The molecule has 4 heteroatoms. The molecular formula is C16H24N2O2. The number of amides is 1. The van der Waals surface area contributed by atoms with Crippen LogP contribution in [0.2, 0.25) is 0 Å². The van der Waals surface area contributed by atoms with Gasteiger partial charge in [-0.15, -0.1) is 0 Å². The molecule has 110 valence electrons. The van der Waals surface area contributed by atoms with E-state index in [9.17, 15) is 4.79 Å². The van der Waals surface area contributed by atoms with Gasteiger partial charge in [0.15, 0.2) is 6.61 Å². The molecule has 1 aliphatic rings. The van der Waals surface area contributed by atoms with E-state index in [2.05, 4.69) is 13.8 Å². The molecule has 2 rings (SSSR count). The molecule has 1 aromatic carbocycles. The second-order valence-electron chi connectivity index (χ2n) is 5.68. The SMILES string of the molecule is CC1CCN(C(=O)COc2ccccc2CN)CC1C. The molecule has 1 amide bonds. The van der Waals surface area contributed by atoms with Crippen molar-refractivity contribution in [1.29, 1.82) is 0 Å². The Balaban J connectivity index is 1.89. The number of para-hydroxylation sites is 1. The lowest BCUT2D eigenvalue weighted by Crippen LogP contribution is -2.44. The predicted octanol–water partition coefficient (Wildman–Crippen LogP) is 2.03. The molecule has 0 aliphatic carbocycles. The average molecular weight is 276 g/mol. The van der Waals surface area contributed by atoms with Crippen molar-refractivity contribution in [2.45, 2.75) is 26.8 Å². The summed E-state index contributed by atoms with van der Waals surface area (Å²) in [5, 5.41) is 0. The van der Waals surface area contributed by atoms with Crippen LogP contribution < -0.4 is 10.5 Å². The normalized spacial score (nSPS) is 22.6. The maximum atomic E-state index is 12.2. The van der Waals surface area contributed by atoms with E-state index in [0.717, 1.165) is 25.1 Å². The third-order valence-electron chi connectivity index (χ3n) is 4.23. The maximum Gasteiger partial charge on any atom is 0.260 e. The standard InChI is InChI=1S/C16H24N2O2/c1-12-7-8-18(10-13(12)2)16(19)11-20-15-6-4-3-5-14(15)9-17/h3-6,12-13H,7-11,17H2,1-2H3. The van der Waals surface area contributed by atoms with Crippen LogP contribution in [0.1, 0.15) is 25.8 Å². The van der Waals surface area contributed by atoms with Gasteiger partial charge < -0.3 is 15.4 Å². The van der Waals surface area contributed by atoms with Crippen molar-refractivity contribution in [2.24, 2.45) is 17.6 Å². The van der Waals surface area contributed by atoms with Crippen LogP contribution in [0.15, 0.2) is 24.3 Å². The molecule has 0 aromatic heterocycles. The molecular weight excluding hydrogens is 252 g/mol. The Labute approximate surface area is 120 Å². The van der Waals surface area contributed by atoms with Crippen LogP contribution in [0.3, 0.4) is 0 Å². The van der Waals surface area contributed by atoms with Crippen LogP contribution in [-0.4, -0.2) is 30.5 Å². The lowest BCUT2D eigenvalue weighted by Gasteiger charge is -2.35. The number of hydrogen-bond acceptors (Lipinski definition) is 3. The zero-order chi connectivity index (χ0) is 14.5. The minimum atomic E-state index is 0.0653. The molecule has 1 fully saturated rings. The van der Waals surface area contributed by atoms with Crippen molar-refractivity contribution in [2.75, 3.05) is 19.7 Å². The highest BCUT2D eigenvalue weighted by atomic mass is 16.5. The second kappa shape index (κ2) is 6.75. The van der Waals surface area contributed by atoms with E-state index in [1.54, 1.807) is 0 Å². The van der Waals surface area contributed by atoms with Crippen molar-refractivity contribution >= 4 is 5.91 Å². The zero-order valence-electron chi connectivity index (χ0n) is 12.3. The number of benzene rings is 1. The van der Waals surface area contributed by atoms with Gasteiger partial charge in [0.05, 0.1) is 0 Å². The molecule has 1 saturated heterocycles. The number of piperidine rings is 1. The number of carbonyl (C=O) groups excluding carboxylic acids is 1. The third-order valence-corrected chi connectivity index (χ3v) is 4.23. The summed E-state index contributed by atoms with van der Waals surface area (Å²) in [4.78, 5) is 14.1. The van der Waals surface area contributed by atoms with Crippen LogP contribution in [-0.2, 0) is 11.3 Å². The van der Waals surface area contributed by atoms with Gasteiger partial charge in [-0.05, 0) is 24.3 Å². The summed E-state index contributed by atoms with van der Waals surface area (Å²) in [5.41, 5.74) is 6.59. The Morgan fingerprint density at radius 2 is 2.10 bits per heavy atom. The Morgan fingerprint density at radius 3 is 2.80 bits per heavy atom. The summed E-state index contributed by atoms with van der Waals surface area (Å²) in [5.74, 6) is 2.03. The monoisotopic (exact) mass is 276 g/mol. The minimum absolute atomic E-state index is 0.0653. The fourth-order valence-corrected chi connectivity index (χ4v) is 2.53. The van der Waals surface area contributed by atoms with Crippen LogP contribution in [0.4, 0.5) is 0 Å². The van der Waals surface area contributed by atoms with E-state index in [1.165, 1.54) is 0 Å². The van der Waals surface area contributed by atoms with Gasteiger partial charge >= 0.3 is 0 Å². The number of carbonyl (C=O) groups is 1. The summed E-state index contributed by atoms with van der Waals surface area (Å²) in [7, 11) is 0. The van der Waals surface area contributed by atoms with E-state index in [1.807, 2.05) is 29.2 Å². The fraction of sp³-hybridized carbons (Fsp3) is 0.562. The van der Waals surface area contributed by atoms with Gasteiger partial charge in [-0.3, -0.25) is 4.79 Å². The second-order valence-corrected chi connectivity index (χ2v) is 5.68. The molecule has 2 N–H and O–H groups in total. The smallest absolute Gasteiger partial charge is 0.260 e. The predicted molar refractivity (Wildman–Crippen MR) is 79.4 cm³/mol. The summed E-state index contributed by atoms with van der Waals surface area (Å²) in [6.07, 6.45) is 1.08. The molecule has 0 saturated carbocycles. The molecule has 1 heterocycles. The molecule has 2 atom stereocenters. The van der Waals surface area contributed by atoms with Crippen molar-refractivity contribution in [3.63, 3.8) is 0 Å². The number of ether oxygens (including phenoxy) is 1. The third kappa shape index (κ3) is 3.51. The summed E-state index contributed by atoms with van der Waals surface area (Å²) < 4.78 is 5.63. The van der Waals surface area contributed by atoms with E-state index in [-0.39, 0.29) is 12.5 Å². The average Bonchev–Trinajstić information content (AvgIpc) is 2.47. The summed E-state index contributed by atoms with van der Waals surface area (Å²) >= 11 is 0. The molecule has 0 radical (unpaired) electrons. The first-order valence-electron chi connectivity index (χ1n) is 7.30. The van der Waals surface area contributed by atoms with Crippen molar-refractivity contribution in [3.05, 3.63) is 29.8 Å². The van der Waals surface area contributed by atoms with E-state index >= 15 is 0 Å². The van der Waals surface area contributed by atoms with E-state index in [0.29, 0.717) is 24.1 Å². The largest absolute Gasteiger partial charge is 0.483 e. The molecule has 0 bridgehead atoms. The van der Waals surface area contributed by atoms with Crippen LogP contribution in [0.25, 0.3) is 0 Å². The van der Waals surface area contributed by atoms with Crippen LogP contribution in [0.5, 0.6) is 5.75 Å². The van der Waals surface area contributed by atoms with Crippen molar-refractivity contribution in [3.8, 4) is 5.75 Å². The number of nitrogens with two attached hydrogens (primary N) is 1. The molecule has 2 unspecified atom stereocenters. The number of rotatable bonds is 4. The first kappa shape index (κ1) is 14.9. The topological polar surface area (TPSA) is 55.6 Å². The van der Waals surface area contributed by atoms with E-state index in [4.69, 9.17) is 10.5 Å². The van der Waals surface area contributed by atoms with Crippen molar-refractivity contribution in [1.82, 2.24) is 4.90 Å². The van der Waals surface area contributed by atoms with Gasteiger partial charge in [0.2, 0.25) is 0 Å². The Bertz CT molecular complexity index is 462. The Kier molecular flexibility index (Phi) is 5.01. The highest BCUT2D eigenvalue weighted by Crippen LogP contribution is 2.23. The highest BCUT2D eigenvalue weighted by Gasteiger charge is 2.25. The number of nitrogens with zero attached hydrogens (tertiary/aromatic N) is 1. The van der Waals surface area contributed by atoms with Gasteiger partial charge in [0, 0.05) is 25.2 Å². The molecule has 1 aromatic rings. The molecule has 1 aliphatic heterocycles. The number of hydrogen-bond donors (Lipinski definition) is 1. The molecule has 0 spiro atoms. The van der Waals surface area contributed by atoms with Gasteiger partial charge in [0.25, 0.3) is 5.91 Å². The Hall–Kier alpha value is -1.55. The van der Waals surface area contributed by atoms with Crippen LogP contribution >= 0.6 is 0 Å². The summed E-state index contributed by atoms with van der Waals surface area (Å²) in [6, 6.07) is 7.59. The fourth-order valence-electron chi connectivity index (χ4n) is 2.53. The molecule has 4 nitrogen and oxygen atoms in total. The molecule has 20 heavy (non-hydrogen) atoms. The quantitative estimate of drug-likeness (QED) is 0.915. The lowest BCUT2D eigenvalue weighted by atomic mass is 9.89. The highest BCUT2D eigenvalue weighted by molar-refractivity contribution is 5.77. The van der Waals surface area contributed by atoms with Gasteiger partial charge in [-0.1, -0.05) is 32.0 Å². The Morgan fingerprint density at radius 1 is 1.35 bits per heavy atom. The van der Waals surface area contributed by atoms with Gasteiger partial charge in [-0.25, -0.2) is 0 Å². The first-order valence-corrected chi connectivity index (χ1v) is 7.30. The van der Waals surface area contributed by atoms with Gasteiger partial charge in [0.1, 0.15) is 5.75 Å². The minimum Gasteiger partial charge on any atom is -0.483 e.